The first-order valence-corrected chi connectivity index (χ1v) is 7.20. The van der Waals surface area contributed by atoms with Crippen LogP contribution in [0.5, 0.6) is 0 Å². The highest BCUT2D eigenvalue weighted by atomic mass is 16.5. The predicted molar refractivity (Wildman–Crippen MR) is 79.7 cm³/mol. The van der Waals surface area contributed by atoms with Crippen LogP contribution in [-0.2, 0) is 10.2 Å². The Labute approximate surface area is 116 Å². The van der Waals surface area contributed by atoms with E-state index in [1.807, 2.05) is 0 Å². The zero-order valence-corrected chi connectivity index (χ0v) is 12.2. The molecule has 2 aliphatic heterocycles. The molecule has 2 aliphatic rings. The van der Waals surface area contributed by atoms with Crippen LogP contribution in [0.2, 0.25) is 0 Å². The van der Waals surface area contributed by atoms with E-state index in [1.54, 1.807) is 0 Å². The van der Waals surface area contributed by atoms with Crippen LogP contribution in [0.3, 0.4) is 0 Å². The average Bonchev–Trinajstić information content (AvgIpc) is 2.92. The zero-order chi connectivity index (χ0) is 13.6. The lowest BCUT2D eigenvalue weighted by atomic mass is 9.82. The van der Waals surface area contributed by atoms with E-state index in [0.29, 0.717) is 6.10 Å². The molecule has 1 unspecified atom stereocenters. The summed E-state index contributed by atoms with van der Waals surface area (Å²) in [7, 11) is 0. The number of hydrogen-bond acceptors (Lipinski definition) is 2. The first-order chi connectivity index (χ1) is 9.01. The molecular weight excluding hydrogens is 234 g/mol. The Morgan fingerprint density at radius 3 is 2.89 bits per heavy atom. The molecule has 0 saturated carbocycles. The number of allylic oxidation sites excluding steroid dienone is 1. The topological polar surface area (TPSA) is 12.5 Å². The van der Waals surface area contributed by atoms with Crippen molar-refractivity contribution in [1.29, 1.82) is 0 Å². The van der Waals surface area contributed by atoms with Gasteiger partial charge in [0.05, 0.1) is 6.10 Å². The highest BCUT2D eigenvalue weighted by Gasteiger charge is 2.40. The third kappa shape index (κ3) is 1.90. The van der Waals surface area contributed by atoms with Crippen LogP contribution in [0.1, 0.15) is 37.8 Å². The summed E-state index contributed by atoms with van der Waals surface area (Å²) in [5.74, 6) is 0. The van der Waals surface area contributed by atoms with Crippen LogP contribution >= 0.6 is 0 Å². The fourth-order valence-corrected chi connectivity index (χ4v) is 3.52. The van der Waals surface area contributed by atoms with Crippen LogP contribution < -0.4 is 4.90 Å². The first-order valence-electron chi connectivity index (χ1n) is 7.20. The van der Waals surface area contributed by atoms with Crippen molar-refractivity contribution in [2.75, 3.05) is 18.1 Å². The van der Waals surface area contributed by atoms with Gasteiger partial charge in [-0.05, 0) is 37.0 Å². The molecule has 1 aromatic carbocycles. The number of anilines is 1. The number of benzene rings is 1. The molecule has 0 radical (unpaired) electrons. The lowest BCUT2D eigenvalue weighted by Crippen LogP contribution is -2.32. The summed E-state index contributed by atoms with van der Waals surface area (Å²) in [6, 6.07) is 6.56. The predicted octanol–water partition coefficient (Wildman–Crippen LogP) is 3.79. The fourth-order valence-electron chi connectivity index (χ4n) is 3.52. The summed E-state index contributed by atoms with van der Waals surface area (Å²) in [4.78, 5) is 2.37. The number of rotatable bonds is 2. The highest BCUT2D eigenvalue weighted by Crippen LogP contribution is 2.48. The molecule has 0 amide bonds. The summed E-state index contributed by atoms with van der Waals surface area (Å²) in [6.07, 6.45) is 2.72. The van der Waals surface area contributed by atoms with Crippen LogP contribution in [0.4, 0.5) is 5.69 Å². The molecule has 2 heteroatoms. The van der Waals surface area contributed by atoms with Gasteiger partial charge in [-0.25, -0.2) is 0 Å². The molecule has 2 nitrogen and oxygen atoms in total. The van der Waals surface area contributed by atoms with E-state index < -0.39 is 0 Å². The summed E-state index contributed by atoms with van der Waals surface area (Å²) in [5.41, 5.74) is 5.34. The maximum absolute atomic E-state index is 5.79. The van der Waals surface area contributed by atoms with Gasteiger partial charge in [-0.2, -0.15) is 0 Å². The molecule has 102 valence electrons. The quantitative estimate of drug-likeness (QED) is 0.799. The molecule has 0 bridgehead atoms. The van der Waals surface area contributed by atoms with E-state index in [0.717, 1.165) is 13.2 Å². The molecule has 0 aromatic heterocycles. The Morgan fingerprint density at radius 1 is 1.42 bits per heavy atom. The maximum atomic E-state index is 5.79. The minimum Gasteiger partial charge on any atom is -0.376 e. The highest BCUT2D eigenvalue weighted by molar-refractivity contribution is 5.71. The number of hydrogen-bond donors (Lipinski definition) is 0. The van der Waals surface area contributed by atoms with Crippen molar-refractivity contribution in [2.24, 2.45) is 0 Å². The van der Waals surface area contributed by atoms with Gasteiger partial charge < -0.3 is 9.64 Å². The summed E-state index contributed by atoms with van der Waals surface area (Å²) >= 11 is 0. The normalized spacial score (nSPS) is 24.9. The molecule has 1 atom stereocenters. The molecule has 1 aromatic rings. The van der Waals surface area contributed by atoms with Gasteiger partial charge in [-0.3, -0.25) is 0 Å². The van der Waals surface area contributed by atoms with Crippen molar-refractivity contribution in [2.45, 2.75) is 45.1 Å². The van der Waals surface area contributed by atoms with Crippen LogP contribution in [0.25, 0.3) is 0 Å². The largest absolute Gasteiger partial charge is 0.376 e. The van der Waals surface area contributed by atoms with E-state index in [-0.39, 0.29) is 5.41 Å². The van der Waals surface area contributed by atoms with Gasteiger partial charge in [0.25, 0.3) is 0 Å². The van der Waals surface area contributed by atoms with Crippen molar-refractivity contribution < 1.29 is 4.74 Å². The van der Waals surface area contributed by atoms with Crippen molar-refractivity contribution in [3.05, 3.63) is 41.6 Å². The number of fused-ring (bicyclic) bond motifs is 1. The average molecular weight is 257 g/mol. The minimum absolute atomic E-state index is 0.0271. The van der Waals surface area contributed by atoms with Crippen LogP contribution in [0.15, 0.2) is 30.5 Å². The lowest BCUT2D eigenvalue weighted by molar-refractivity contribution is 0.116. The smallest absolute Gasteiger partial charge is 0.0754 e. The number of aryl methyl sites for hydroxylation is 1. The Bertz CT molecular complexity index is 512. The fraction of sp³-hybridized carbons (Fsp3) is 0.529. The van der Waals surface area contributed by atoms with Crippen LogP contribution in [0, 0.1) is 6.92 Å². The molecule has 0 aliphatic carbocycles. The summed E-state index contributed by atoms with van der Waals surface area (Å²) in [6.45, 7) is 13.0. The van der Waals surface area contributed by atoms with E-state index >= 15 is 0 Å². The molecular formula is C17H23NO. The third-order valence-corrected chi connectivity index (χ3v) is 4.62. The second kappa shape index (κ2) is 4.38. The van der Waals surface area contributed by atoms with E-state index in [2.05, 4.69) is 50.4 Å². The second-order valence-electron chi connectivity index (χ2n) is 6.29. The molecule has 0 spiro atoms. The lowest BCUT2D eigenvalue weighted by Gasteiger charge is -2.27. The van der Waals surface area contributed by atoms with E-state index in [4.69, 9.17) is 4.74 Å². The minimum atomic E-state index is 0.0271. The van der Waals surface area contributed by atoms with Crippen molar-refractivity contribution in [3.8, 4) is 0 Å². The molecule has 1 fully saturated rings. The van der Waals surface area contributed by atoms with Crippen molar-refractivity contribution >= 4 is 5.69 Å². The maximum Gasteiger partial charge on any atom is 0.0754 e. The standard InChI is InChI=1S/C17H23NO/c1-12-7-5-9-15-16(12)17(3,4)13(2)18(15)11-14-8-6-10-19-14/h5,7,9,14H,2,6,8,10-11H2,1,3-4H3. The van der Waals surface area contributed by atoms with E-state index in [9.17, 15) is 0 Å². The number of ether oxygens (including phenoxy) is 1. The molecule has 19 heavy (non-hydrogen) atoms. The summed E-state index contributed by atoms with van der Waals surface area (Å²) in [5, 5.41) is 0. The second-order valence-corrected chi connectivity index (χ2v) is 6.29. The van der Waals surface area contributed by atoms with Crippen molar-refractivity contribution in [3.63, 3.8) is 0 Å². The first kappa shape index (κ1) is 12.7. The molecule has 1 saturated heterocycles. The van der Waals surface area contributed by atoms with Crippen LogP contribution in [-0.4, -0.2) is 19.3 Å². The zero-order valence-electron chi connectivity index (χ0n) is 12.2. The molecule has 2 heterocycles. The summed E-state index contributed by atoms with van der Waals surface area (Å²) < 4.78 is 5.79. The Kier molecular flexibility index (Phi) is 2.94. The Hall–Kier alpha value is -1.28. The third-order valence-electron chi connectivity index (χ3n) is 4.62. The molecule has 0 N–H and O–H groups in total. The van der Waals surface area contributed by atoms with Gasteiger partial charge >= 0.3 is 0 Å². The van der Waals surface area contributed by atoms with Gasteiger partial charge in [-0.15, -0.1) is 0 Å². The van der Waals surface area contributed by atoms with Crippen molar-refractivity contribution in [1.82, 2.24) is 0 Å². The van der Waals surface area contributed by atoms with Gasteiger partial charge in [-0.1, -0.05) is 32.6 Å². The number of nitrogens with zero attached hydrogens (tertiary/aromatic N) is 1. The SMILES string of the molecule is C=C1N(CC2CCCO2)c2cccc(C)c2C1(C)C. The van der Waals surface area contributed by atoms with E-state index in [1.165, 1.54) is 35.4 Å². The monoisotopic (exact) mass is 257 g/mol. The Balaban J connectivity index is 1.98. The van der Waals surface area contributed by atoms with Gasteiger partial charge in [0.2, 0.25) is 0 Å². The molecule has 3 rings (SSSR count). The van der Waals surface area contributed by atoms with Gasteiger partial charge in [0.15, 0.2) is 0 Å². The van der Waals surface area contributed by atoms with Gasteiger partial charge in [0, 0.05) is 30.0 Å². The Morgan fingerprint density at radius 2 is 2.21 bits per heavy atom. The van der Waals surface area contributed by atoms with Gasteiger partial charge in [0.1, 0.15) is 0 Å².